The van der Waals surface area contributed by atoms with Gasteiger partial charge in [0.1, 0.15) is 0 Å². The van der Waals surface area contributed by atoms with Crippen molar-refractivity contribution in [2.24, 2.45) is 5.73 Å². The molecule has 0 saturated carbocycles. The second-order valence-corrected chi connectivity index (χ2v) is 3.28. The van der Waals surface area contributed by atoms with Crippen LogP contribution in [0, 0.1) is 0 Å². The van der Waals surface area contributed by atoms with Crippen molar-refractivity contribution in [2.45, 2.75) is 10.9 Å². The van der Waals surface area contributed by atoms with Gasteiger partial charge in [-0.1, -0.05) is 28.1 Å². The minimum atomic E-state index is -0.344. The summed E-state index contributed by atoms with van der Waals surface area (Å²) in [7, 11) is 1.61. The normalized spacial score (nSPS) is 17.3. The van der Waals surface area contributed by atoms with Gasteiger partial charge in [0.15, 0.2) is 0 Å². The molecule has 0 aliphatic heterocycles. The Morgan fingerprint density at radius 3 is 2.75 bits per heavy atom. The van der Waals surface area contributed by atoms with E-state index in [9.17, 15) is 4.39 Å². The van der Waals surface area contributed by atoms with Crippen LogP contribution >= 0.6 is 15.9 Å². The Labute approximate surface area is 80.4 Å². The van der Waals surface area contributed by atoms with Crippen LogP contribution in [-0.2, 0) is 4.74 Å². The van der Waals surface area contributed by atoms with Gasteiger partial charge in [0.05, 0.1) is 17.8 Å². The van der Waals surface area contributed by atoms with E-state index in [0.717, 1.165) is 0 Å². The first kappa shape index (κ1) is 11.8. The average molecular weight is 238 g/mol. The molecule has 0 spiro atoms. The van der Waals surface area contributed by atoms with Gasteiger partial charge in [0.25, 0.3) is 0 Å². The van der Waals surface area contributed by atoms with E-state index in [1.807, 2.05) is 12.2 Å². The number of methoxy groups -OCH3 is 1. The fourth-order valence-corrected chi connectivity index (χ4v) is 0.992. The number of halogens is 2. The molecule has 70 valence electrons. The Hall–Kier alpha value is -0.190. The van der Waals surface area contributed by atoms with E-state index in [0.29, 0.717) is 12.9 Å². The maximum atomic E-state index is 11.7. The minimum Gasteiger partial charge on any atom is -0.381 e. The van der Waals surface area contributed by atoms with Crippen molar-refractivity contribution >= 4 is 15.9 Å². The van der Waals surface area contributed by atoms with E-state index >= 15 is 0 Å². The Bertz CT molecular complexity index is 161. The summed E-state index contributed by atoms with van der Waals surface area (Å²) in [4.78, 5) is -0.0559. The van der Waals surface area contributed by atoms with Crippen molar-refractivity contribution in [3.8, 4) is 0 Å². The number of rotatable bonds is 5. The lowest BCUT2D eigenvalue weighted by molar-refractivity contribution is 0.233. The predicted molar refractivity (Wildman–Crippen MR) is 52.0 cm³/mol. The van der Waals surface area contributed by atoms with E-state index in [1.54, 1.807) is 7.11 Å². The van der Waals surface area contributed by atoms with E-state index in [2.05, 4.69) is 15.9 Å². The quantitative estimate of drug-likeness (QED) is 0.585. The van der Waals surface area contributed by atoms with Crippen LogP contribution < -0.4 is 5.73 Å². The van der Waals surface area contributed by atoms with Crippen LogP contribution in [0.1, 0.15) is 0 Å². The molecular formula is C8H13BrFNO. The molecule has 0 aliphatic rings. The molecule has 0 heterocycles. The summed E-state index contributed by atoms with van der Waals surface area (Å²) >= 11 is 3.29. The summed E-state index contributed by atoms with van der Waals surface area (Å²) in [5, 5.41) is 0. The molecule has 0 aromatic rings. The third-order valence-electron chi connectivity index (χ3n) is 1.25. The molecule has 0 saturated heterocycles. The molecule has 0 radical (unpaired) electrons. The standard InChI is InChI=1S/C8H13BrFNO/c1-12-6-2-3-7(9)8(11)4-5-10/h2-5,7-8H,6,11H2,1H3/b3-2+,5-4+. The minimum absolute atomic E-state index is 0.0559. The zero-order valence-electron chi connectivity index (χ0n) is 6.91. The van der Waals surface area contributed by atoms with Crippen molar-refractivity contribution < 1.29 is 9.13 Å². The summed E-state index contributed by atoms with van der Waals surface area (Å²) in [5.41, 5.74) is 5.54. The van der Waals surface area contributed by atoms with Gasteiger partial charge < -0.3 is 10.5 Å². The monoisotopic (exact) mass is 237 g/mol. The highest BCUT2D eigenvalue weighted by molar-refractivity contribution is 9.09. The van der Waals surface area contributed by atoms with E-state index in [4.69, 9.17) is 10.5 Å². The molecule has 0 fully saturated rings. The summed E-state index contributed by atoms with van der Waals surface area (Å²) in [6.07, 6.45) is 5.39. The van der Waals surface area contributed by atoms with Crippen LogP contribution in [0.15, 0.2) is 24.6 Å². The Morgan fingerprint density at radius 1 is 1.58 bits per heavy atom. The number of alkyl halides is 1. The molecule has 12 heavy (non-hydrogen) atoms. The lowest BCUT2D eigenvalue weighted by Gasteiger charge is -2.08. The topological polar surface area (TPSA) is 35.2 Å². The zero-order valence-corrected chi connectivity index (χ0v) is 8.50. The molecule has 2 unspecified atom stereocenters. The van der Waals surface area contributed by atoms with Crippen LogP contribution in [0.4, 0.5) is 4.39 Å². The lowest BCUT2D eigenvalue weighted by Crippen LogP contribution is -2.26. The Morgan fingerprint density at radius 2 is 2.25 bits per heavy atom. The maximum Gasteiger partial charge on any atom is 0.0843 e. The predicted octanol–water partition coefficient (Wildman–Crippen LogP) is 1.76. The average Bonchev–Trinajstić information content (AvgIpc) is 2.05. The first-order valence-electron chi connectivity index (χ1n) is 3.54. The number of ether oxygens (including phenoxy) is 1. The fraction of sp³-hybridized carbons (Fsp3) is 0.500. The molecule has 0 aromatic heterocycles. The SMILES string of the molecule is COC/C=C/C(Br)C(N)/C=C/F. The first-order chi connectivity index (χ1) is 5.72. The van der Waals surface area contributed by atoms with Crippen molar-refractivity contribution in [3.63, 3.8) is 0 Å². The zero-order chi connectivity index (χ0) is 9.40. The molecular weight excluding hydrogens is 225 g/mol. The van der Waals surface area contributed by atoms with E-state index < -0.39 is 0 Å². The third-order valence-corrected chi connectivity index (χ3v) is 2.16. The summed E-state index contributed by atoms with van der Waals surface area (Å²) in [6.45, 7) is 0.536. The number of nitrogens with two attached hydrogens (primary N) is 1. The second kappa shape index (κ2) is 7.46. The molecule has 0 aromatic carbocycles. The van der Waals surface area contributed by atoms with Crippen LogP contribution in [-0.4, -0.2) is 24.6 Å². The van der Waals surface area contributed by atoms with Crippen LogP contribution in [0.5, 0.6) is 0 Å². The van der Waals surface area contributed by atoms with Gasteiger partial charge in [-0.3, -0.25) is 0 Å². The van der Waals surface area contributed by atoms with Crippen molar-refractivity contribution in [1.29, 1.82) is 0 Å². The highest BCUT2D eigenvalue weighted by atomic mass is 79.9. The van der Waals surface area contributed by atoms with Gasteiger partial charge in [0, 0.05) is 13.2 Å². The summed E-state index contributed by atoms with van der Waals surface area (Å²) < 4.78 is 16.5. The van der Waals surface area contributed by atoms with Gasteiger partial charge in [-0.05, 0) is 6.08 Å². The van der Waals surface area contributed by atoms with E-state index in [1.165, 1.54) is 6.08 Å². The molecule has 0 amide bonds. The highest BCUT2D eigenvalue weighted by Gasteiger charge is 2.06. The smallest absolute Gasteiger partial charge is 0.0843 e. The lowest BCUT2D eigenvalue weighted by atomic mass is 10.2. The number of hydrogen-bond acceptors (Lipinski definition) is 2. The second-order valence-electron chi connectivity index (χ2n) is 2.22. The molecule has 0 aliphatic carbocycles. The molecule has 0 rings (SSSR count). The van der Waals surface area contributed by atoms with Gasteiger partial charge in [-0.25, -0.2) is 4.39 Å². The van der Waals surface area contributed by atoms with Crippen molar-refractivity contribution in [3.05, 3.63) is 24.6 Å². The molecule has 2 N–H and O–H groups in total. The van der Waals surface area contributed by atoms with Gasteiger partial charge in [-0.2, -0.15) is 0 Å². The van der Waals surface area contributed by atoms with Crippen molar-refractivity contribution in [1.82, 2.24) is 0 Å². The molecule has 2 nitrogen and oxygen atoms in total. The summed E-state index contributed by atoms with van der Waals surface area (Å²) in [6, 6.07) is -0.344. The van der Waals surface area contributed by atoms with Crippen molar-refractivity contribution in [2.75, 3.05) is 13.7 Å². The van der Waals surface area contributed by atoms with Crippen LogP contribution in [0.25, 0.3) is 0 Å². The van der Waals surface area contributed by atoms with Gasteiger partial charge in [0.2, 0.25) is 0 Å². The fourth-order valence-electron chi connectivity index (χ4n) is 0.600. The van der Waals surface area contributed by atoms with E-state index in [-0.39, 0.29) is 10.9 Å². The largest absolute Gasteiger partial charge is 0.381 e. The molecule has 0 bridgehead atoms. The first-order valence-corrected chi connectivity index (χ1v) is 4.46. The molecule has 4 heteroatoms. The highest BCUT2D eigenvalue weighted by Crippen LogP contribution is 2.06. The maximum absolute atomic E-state index is 11.7. The number of hydrogen-bond donors (Lipinski definition) is 1. The van der Waals surface area contributed by atoms with Crippen LogP contribution in [0.3, 0.4) is 0 Å². The summed E-state index contributed by atoms with van der Waals surface area (Å²) in [5.74, 6) is 0. The Balaban J connectivity index is 3.77. The Kier molecular flexibility index (Phi) is 7.34. The third kappa shape index (κ3) is 5.46. The van der Waals surface area contributed by atoms with Gasteiger partial charge in [-0.15, -0.1) is 0 Å². The molecule has 2 atom stereocenters. The van der Waals surface area contributed by atoms with Gasteiger partial charge >= 0.3 is 0 Å². The van der Waals surface area contributed by atoms with Crippen LogP contribution in [0.2, 0.25) is 0 Å².